The van der Waals surface area contributed by atoms with Gasteiger partial charge < -0.3 is 9.67 Å². The Labute approximate surface area is 159 Å². The number of imidazole rings is 1. The van der Waals surface area contributed by atoms with Crippen molar-refractivity contribution in [2.24, 2.45) is 14.1 Å². The van der Waals surface area contributed by atoms with Gasteiger partial charge in [-0.3, -0.25) is 18.7 Å². The summed E-state index contributed by atoms with van der Waals surface area (Å²) in [4.78, 5) is 40.3. The van der Waals surface area contributed by atoms with Crippen molar-refractivity contribution in [3.63, 3.8) is 0 Å². The van der Waals surface area contributed by atoms with Gasteiger partial charge in [-0.15, -0.1) is 0 Å². The number of carboxylic acid groups (broad SMARTS) is 1. The van der Waals surface area contributed by atoms with Crippen LogP contribution in [0.4, 0.5) is 0 Å². The number of aryl methyl sites for hydroxylation is 2. The van der Waals surface area contributed by atoms with E-state index in [4.69, 9.17) is 5.11 Å². The third-order valence-corrected chi connectivity index (χ3v) is 5.30. The van der Waals surface area contributed by atoms with Crippen LogP contribution in [-0.2, 0) is 25.4 Å². The van der Waals surface area contributed by atoms with E-state index < -0.39 is 17.2 Å². The molecular formula is C18H20N4O4S. The van der Waals surface area contributed by atoms with Gasteiger partial charge in [0.25, 0.3) is 5.56 Å². The second-order valence-electron chi connectivity index (χ2n) is 6.34. The van der Waals surface area contributed by atoms with Gasteiger partial charge in [-0.25, -0.2) is 9.78 Å². The number of aliphatic carboxylic acids is 1. The van der Waals surface area contributed by atoms with E-state index in [0.29, 0.717) is 28.6 Å². The highest BCUT2D eigenvalue weighted by Crippen LogP contribution is 2.23. The van der Waals surface area contributed by atoms with Crippen LogP contribution < -0.4 is 11.2 Å². The molecule has 0 atom stereocenters. The number of carbonyl (C=O) groups is 1. The maximum absolute atomic E-state index is 12.7. The third kappa shape index (κ3) is 3.68. The highest BCUT2D eigenvalue weighted by atomic mass is 32.2. The number of benzene rings is 1. The molecule has 3 rings (SSSR count). The molecule has 0 aliphatic rings. The normalized spacial score (nSPS) is 11.2. The number of rotatable bonds is 6. The molecule has 0 radical (unpaired) electrons. The van der Waals surface area contributed by atoms with E-state index in [1.807, 2.05) is 31.2 Å². The van der Waals surface area contributed by atoms with E-state index in [0.717, 1.165) is 15.7 Å². The Morgan fingerprint density at radius 1 is 1.15 bits per heavy atom. The number of fused-ring (bicyclic) bond motifs is 1. The number of hydrogen-bond donors (Lipinski definition) is 1. The van der Waals surface area contributed by atoms with E-state index in [1.165, 1.54) is 23.4 Å². The first-order chi connectivity index (χ1) is 12.8. The van der Waals surface area contributed by atoms with Gasteiger partial charge in [-0.05, 0) is 12.5 Å². The Hall–Kier alpha value is -2.81. The fourth-order valence-corrected chi connectivity index (χ4v) is 3.71. The molecule has 0 amide bonds. The Balaban J connectivity index is 2.16. The molecule has 3 aromatic rings. The lowest BCUT2D eigenvalue weighted by atomic mass is 10.1. The molecule has 8 nitrogen and oxygen atoms in total. The molecule has 0 fully saturated rings. The first kappa shape index (κ1) is 19.0. The van der Waals surface area contributed by atoms with Crippen LogP contribution in [0.15, 0.2) is 39.0 Å². The fraction of sp³-hybridized carbons (Fsp3) is 0.333. The minimum Gasteiger partial charge on any atom is -0.481 e. The van der Waals surface area contributed by atoms with Crippen molar-refractivity contribution >= 4 is 28.9 Å². The summed E-state index contributed by atoms with van der Waals surface area (Å²) >= 11 is 1.26. The molecule has 0 spiro atoms. The molecule has 0 aliphatic heterocycles. The van der Waals surface area contributed by atoms with Gasteiger partial charge in [-0.1, -0.05) is 41.6 Å². The van der Waals surface area contributed by atoms with E-state index in [9.17, 15) is 14.4 Å². The quantitative estimate of drug-likeness (QED) is 0.640. The topological polar surface area (TPSA) is 99.1 Å². The first-order valence-electron chi connectivity index (χ1n) is 8.36. The zero-order valence-corrected chi connectivity index (χ0v) is 16.1. The van der Waals surface area contributed by atoms with Crippen LogP contribution in [-0.4, -0.2) is 35.5 Å². The lowest BCUT2D eigenvalue weighted by Crippen LogP contribution is -2.37. The van der Waals surface area contributed by atoms with Crippen LogP contribution in [0, 0.1) is 6.92 Å². The van der Waals surface area contributed by atoms with Gasteiger partial charge in [0.1, 0.15) is 0 Å². The van der Waals surface area contributed by atoms with Crippen molar-refractivity contribution in [2.75, 3.05) is 5.75 Å². The lowest BCUT2D eigenvalue weighted by molar-refractivity contribution is -0.136. The van der Waals surface area contributed by atoms with Crippen molar-refractivity contribution in [2.45, 2.75) is 25.0 Å². The summed E-state index contributed by atoms with van der Waals surface area (Å²) in [7, 11) is 3.00. The van der Waals surface area contributed by atoms with Gasteiger partial charge in [-0.2, -0.15) is 0 Å². The molecule has 142 valence electrons. The van der Waals surface area contributed by atoms with Gasteiger partial charge in [0.2, 0.25) is 0 Å². The zero-order chi connectivity index (χ0) is 19.7. The summed E-state index contributed by atoms with van der Waals surface area (Å²) < 4.78 is 4.15. The molecule has 0 saturated carbocycles. The number of thioether (sulfide) groups is 1. The summed E-state index contributed by atoms with van der Waals surface area (Å²) in [6.07, 6.45) is -0.0185. The first-order valence-corrected chi connectivity index (χ1v) is 9.34. The number of aromatic nitrogens is 4. The predicted octanol–water partition coefficient (Wildman–Crippen LogP) is 1.36. The number of nitrogens with zero attached hydrogens (tertiary/aromatic N) is 4. The smallest absolute Gasteiger partial charge is 0.332 e. The van der Waals surface area contributed by atoms with Crippen molar-refractivity contribution in [3.8, 4) is 0 Å². The molecule has 0 aliphatic carbocycles. The van der Waals surface area contributed by atoms with Crippen molar-refractivity contribution in [1.29, 1.82) is 0 Å². The third-order valence-electron chi connectivity index (χ3n) is 4.32. The largest absolute Gasteiger partial charge is 0.481 e. The molecule has 2 aromatic heterocycles. The van der Waals surface area contributed by atoms with Gasteiger partial charge in [0.05, 0.1) is 13.0 Å². The standard InChI is InChI=1S/C18H20N4O4S/c1-11-4-6-12(7-5-11)10-22-14-15(19-17(22)27-9-8-13(23)24)20(2)18(26)21(3)16(14)25/h4-7H,8-10H2,1-3H3,(H,23,24). The van der Waals surface area contributed by atoms with Crippen molar-refractivity contribution in [3.05, 3.63) is 56.2 Å². The van der Waals surface area contributed by atoms with Crippen LogP contribution in [0.2, 0.25) is 0 Å². The monoisotopic (exact) mass is 388 g/mol. The predicted molar refractivity (Wildman–Crippen MR) is 103 cm³/mol. The van der Waals surface area contributed by atoms with Crippen molar-refractivity contribution < 1.29 is 9.90 Å². The zero-order valence-electron chi connectivity index (χ0n) is 15.3. The average molecular weight is 388 g/mol. The number of carboxylic acids is 1. The SMILES string of the molecule is Cc1ccc(Cn2c(SCCC(=O)O)nc3c2c(=O)n(C)c(=O)n3C)cc1. The van der Waals surface area contributed by atoms with Gasteiger partial charge in [0.15, 0.2) is 16.3 Å². The lowest BCUT2D eigenvalue weighted by Gasteiger charge is -2.09. The molecule has 1 N–H and O–H groups in total. The molecule has 0 bridgehead atoms. The average Bonchev–Trinajstić information content (AvgIpc) is 2.98. The Bertz CT molecular complexity index is 1130. The van der Waals surface area contributed by atoms with Crippen LogP contribution in [0.25, 0.3) is 11.2 Å². The summed E-state index contributed by atoms with van der Waals surface area (Å²) in [5.74, 6) is -0.576. The Morgan fingerprint density at radius 2 is 1.81 bits per heavy atom. The van der Waals surface area contributed by atoms with Crippen molar-refractivity contribution in [1.82, 2.24) is 18.7 Å². The summed E-state index contributed by atoms with van der Waals surface area (Å²) in [6.45, 7) is 2.40. The molecule has 0 unspecified atom stereocenters. The van der Waals surface area contributed by atoms with Gasteiger partial charge in [0, 0.05) is 19.8 Å². The van der Waals surface area contributed by atoms with E-state index in [2.05, 4.69) is 4.98 Å². The van der Waals surface area contributed by atoms with Crippen LogP contribution in [0.5, 0.6) is 0 Å². The fourth-order valence-electron chi connectivity index (χ4n) is 2.79. The van der Waals surface area contributed by atoms with E-state index >= 15 is 0 Å². The summed E-state index contributed by atoms with van der Waals surface area (Å²) in [5, 5.41) is 9.40. The maximum atomic E-state index is 12.7. The second-order valence-corrected chi connectivity index (χ2v) is 7.40. The molecule has 1 aromatic carbocycles. The summed E-state index contributed by atoms with van der Waals surface area (Å²) in [6, 6.07) is 7.91. The molecule has 27 heavy (non-hydrogen) atoms. The molecule has 9 heteroatoms. The minimum atomic E-state index is -0.896. The minimum absolute atomic E-state index is 0.0185. The molecular weight excluding hydrogens is 368 g/mol. The molecule has 2 heterocycles. The number of hydrogen-bond acceptors (Lipinski definition) is 5. The summed E-state index contributed by atoms with van der Waals surface area (Å²) in [5.41, 5.74) is 1.87. The van der Waals surface area contributed by atoms with E-state index in [1.54, 1.807) is 11.6 Å². The van der Waals surface area contributed by atoms with Crippen LogP contribution >= 0.6 is 11.8 Å². The van der Waals surface area contributed by atoms with E-state index in [-0.39, 0.29) is 6.42 Å². The molecule has 0 saturated heterocycles. The second kappa shape index (κ2) is 7.43. The van der Waals surface area contributed by atoms with Crippen LogP contribution in [0.3, 0.4) is 0 Å². The van der Waals surface area contributed by atoms with Gasteiger partial charge >= 0.3 is 11.7 Å². The highest BCUT2D eigenvalue weighted by Gasteiger charge is 2.19. The highest BCUT2D eigenvalue weighted by molar-refractivity contribution is 7.99. The Morgan fingerprint density at radius 3 is 2.44 bits per heavy atom. The Kier molecular flexibility index (Phi) is 5.22. The maximum Gasteiger partial charge on any atom is 0.332 e. The van der Waals surface area contributed by atoms with Crippen LogP contribution in [0.1, 0.15) is 17.5 Å².